The molecule has 0 aromatic heterocycles. The van der Waals surface area contributed by atoms with Crippen molar-refractivity contribution in [3.8, 4) is 12.3 Å². The normalized spacial score (nSPS) is 24.4. The van der Waals surface area contributed by atoms with Crippen LogP contribution in [0.15, 0.2) is 59.7 Å². The largest absolute Gasteiger partial charge is 0.478 e. The topological polar surface area (TPSA) is 83.8 Å². The van der Waals surface area contributed by atoms with Gasteiger partial charge >= 0.3 is 5.97 Å². The minimum Gasteiger partial charge on any atom is -0.478 e. The van der Waals surface area contributed by atoms with Crippen LogP contribution < -0.4 is 0 Å². The van der Waals surface area contributed by atoms with Gasteiger partial charge in [0, 0.05) is 17.1 Å². The zero-order valence-corrected chi connectivity index (χ0v) is 18.7. The van der Waals surface area contributed by atoms with Crippen molar-refractivity contribution in [1.29, 1.82) is 0 Å². The molecule has 0 aliphatic heterocycles. The van der Waals surface area contributed by atoms with Gasteiger partial charge in [-0.1, -0.05) is 50.1 Å². The van der Waals surface area contributed by atoms with Crippen molar-refractivity contribution in [2.24, 2.45) is 5.41 Å². The van der Waals surface area contributed by atoms with Crippen LogP contribution in [-0.4, -0.2) is 33.7 Å². The van der Waals surface area contributed by atoms with Crippen LogP contribution in [0.3, 0.4) is 0 Å². The molecule has 3 atom stereocenters. The summed E-state index contributed by atoms with van der Waals surface area (Å²) in [5.41, 5.74) is 0.662. The summed E-state index contributed by atoms with van der Waals surface area (Å²) in [6, 6.07) is 7.09. The number of hydrogen-bond donors (Lipinski definition) is 2. The van der Waals surface area contributed by atoms with Gasteiger partial charge in [0.15, 0.2) is 5.78 Å². The summed E-state index contributed by atoms with van der Waals surface area (Å²) in [5, 5.41) is 20.3. The van der Waals surface area contributed by atoms with Gasteiger partial charge in [0.05, 0.1) is 6.10 Å². The first-order valence-corrected chi connectivity index (χ1v) is 10.1. The second kappa shape index (κ2) is 9.47. The summed E-state index contributed by atoms with van der Waals surface area (Å²) >= 11 is 0. The molecule has 0 heterocycles. The Labute approximate surface area is 184 Å². The summed E-state index contributed by atoms with van der Waals surface area (Å²) in [6.07, 6.45) is 11.5. The van der Waals surface area contributed by atoms with Gasteiger partial charge in [-0.05, 0) is 56.0 Å². The maximum Gasteiger partial charge on any atom is 0.328 e. The fraction of sp³-hybridized carbons (Fsp3) is 0.385. The lowest BCUT2D eigenvalue weighted by molar-refractivity contribution is -0.131. The molecule has 0 saturated carbocycles. The highest BCUT2D eigenvalue weighted by Gasteiger charge is 2.47. The monoisotopic (exact) mass is 422 g/mol. The highest BCUT2D eigenvalue weighted by Crippen LogP contribution is 2.46. The van der Waals surface area contributed by atoms with Gasteiger partial charge in [0.2, 0.25) is 0 Å². The Balaban J connectivity index is 2.30. The molecule has 0 amide bonds. The lowest BCUT2D eigenvalue weighted by atomic mass is 9.64. The molecule has 1 aliphatic rings. The van der Waals surface area contributed by atoms with E-state index in [1.807, 2.05) is 32.9 Å². The third-order valence-corrected chi connectivity index (χ3v) is 5.78. The zero-order chi connectivity index (χ0) is 23.4. The van der Waals surface area contributed by atoms with E-state index in [2.05, 4.69) is 5.92 Å². The van der Waals surface area contributed by atoms with Crippen molar-refractivity contribution < 1.29 is 24.5 Å². The number of carboxylic acids is 1. The second-order valence-electron chi connectivity index (χ2n) is 8.67. The second-order valence-corrected chi connectivity index (χ2v) is 8.67. The Hall–Kier alpha value is -2.94. The Morgan fingerprint density at radius 1 is 1.32 bits per heavy atom. The molecule has 5 nitrogen and oxygen atoms in total. The number of hydrogen-bond acceptors (Lipinski definition) is 4. The van der Waals surface area contributed by atoms with E-state index in [1.54, 1.807) is 37.3 Å². The summed E-state index contributed by atoms with van der Waals surface area (Å²) < 4.78 is 6.19. The number of aliphatic hydroxyl groups is 1. The van der Waals surface area contributed by atoms with E-state index in [0.717, 1.165) is 11.6 Å². The standard InChI is InChI=1S/C26H30O5/c1-7-23(21-10-8-9-20(15-21)19(4)27)31-22-14-18(3)26(30,25(5,6)16-22)12-11-17(2)13-24(28)29/h1,8-15,22-23,30H,16H2,2-6H3,(H,28,29)/b12-11+,17-13-/t22-,23?,26-/m1/s1. The third kappa shape index (κ3) is 5.61. The molecule has 2 rings (SSSR count). The number of carboxylic acid groups (broad SMARTS) is 1. The highest BCUT2D eigenvalue weighted by atomic mass is 16.5. The molecule has 0 radical (unpaired) electrons. The predicted octanol–water partition coefficient (Wildman–Crippen LogP) is 4.64. The van der Waals surface area contributed by atoms with Gasteiger partial charge in [-0.15, -0.1) is 6.42 Å². The quantitative estimate of drug-likeness (QED) is 0.220. The number of terminal acetylenes is 1. The Morgan fingerprint density at radius 2 is 2.00 bits per heavy atom. The summed E-state index contributed by atoms with van der Waals surface area (Å²) in [4.78, 5) is 22.5. The van der Waals surface area contributed by atoms with E-state index in [-0.39, 0.29) is 11.9 Å². The molecule has 1 aromatic rings. The number of rotatable bonds is 7. The van der Waals surface area contributed by atoms with E-state index in [4.69, 9.17) is 16.3 Å². The van der Waals surface area contributed by atoms with Crippen LogP contribution in [0.25, 0.3) is 0 Å². The molecular weight excluding hydrogens is 392 g/mol. The van der Waals surface area contributed by atoms with E-state index in [0.29, 0.717) is 23.1 Å². The van der Waals surface area contributed by atoms with Crippen molar-refractivity contribution in [2.45, 2.75) is 58.8 Å². The SMILES string of the molecule is C#CC(O[C@@H]1C=C(C)[C@](O)(/C=C/C(C)=C\C(=O)O)C(C)(C)C1)c1cccc(C(C)=O)c1. The van der Waals surface area contributed by atoms with Gasteiger partial charge in [0.25, 0.3) is 0 Å². The molecule has 5 heteroatoms. The van der Waals surface area contributed by atoms with Crippen molar-refractivity contribution in [1.82, 2.24) is 0 Å². The van der Waals surface area contributed by atoms with Gasteiger partial charge in [-0.3, -0.25) is 4.79 Å². The molecule has 0 saturated heterocycles. The van der Waals surface area contributed by atoms with Crippen molar-refractivity contribution >= 4 is 11.8 Å². The van der Waals surface area contributed by atoms with Crippen LogP contribution in [0.4, 0.5) is 0 Å². The number of benzene rings is 1. The average molecular weight is 423 g/mol. The fourth-order valence-corrected chi connectivity index (χ4v) is 3.91. The Morgan fingerprint density at radius 3 is 2.55 bits per heavy atom. The molecule has 0 spiro atoms. The maximum atomic E-state index is 11.7. The van der Waals surface area contributed by atoms with Crippen LogP contribution in [0.2, 0.25) is 0 Å². The van der Waals surface area contributed by atoms with Crippen LogP contribution in [0.1, 0.15) is 63.1 Å². The first kappa shape index (κ1) is 24.3. The molecular formula is C26H30O5. The van der Waals surface area contributed by atoms with E-state index >= 15 is 0 Å². The molecule has 1 aromatic carbocycles. The first-order chi connectivity index (χ1) is 14.4. The number of ketones is 1. The zero-order valence-electron chi connectivity index (χ0n) is 18.7. The van der Waals surface area contributed by atoms with E-state index < -0.39 is 23.1 Å². The van der Waals surface area contributed by atoms with Crippen LogP contribution in [0.5, 0.6) is 0 Å². The Kier molecular flexibility index (Phi) is 7.43. The number of ether oxygens (including phenoxy) is 1. The molecule has 1 aliphatic carbocycles. The van der Waals surface area contributed by atoms with Crippen LogP contribution >= 0.6 is 0 Å². The van der Waals surface area contributed by atoms with Crippen LogP contribution in [0, 0.1) is 17.8 Å². The number of aliphatic carboxylic acids is 1. The van der Waals surface area contributed by atoms with Crippen molar-refractivity contribution in [3.05, 3.63) is 70.8 Å². The molecule has 0 bridgehead atoms. The van der Waals surface area contributed by atoms with Gasteiger partial charge in [-0.2, -0.15) is 0 Å². The number of allylic oxidation sites excluding steroid dienone is 2. The Bertz CT molecular complexity index is 989. The third-order valence-electron chi connectivity index (χ3n) is 5.78. The maximum absolute atomic E-state index is 11.7. The average Bonchev–Trinajstić information content (AvgIpc) is 2.68. The lowest BCUT2D eigenvalue weighted by Gasteiger charge is -2.47. The molecule has 164 valence electrons. The first-order valence-electron chi connectivity index (χ1n) is 10.1. The summed E-state index contributed by atoms with van der Waals surface area (Å²) in [5.74, 6) is 1.57. The summed E-state index contributed by atoms with van der Waals surface area (Å²) in [6.45, 7) is 8.85. The van der Waals surface area contributed by atoms with Crippen LogP contribution in [-0.2, 0) is 9.53 Å². The van der Waals surface area contributed by atoms with Gasteiger partial charge in [0.1, 0.15) is 11.7 Å². The smallest absolute Gasteiger partial charge is 0.328 e. The highest BCUT2D eigenvalue weighted by molar-refractivity contribution is 5.94. The predicted molar refractivity (Wildman–Crippen MR) is 121 cm³/mol. The molecule has 0 fully saturated rings. The fourth-order valence-electron chi connectivity index (χ4n) is 3.91. The summed E-state index contributed by atoms with van der Waals surface area (Å²) in [7, 11) is 0. The van der Waals surface area contributed by atoms with Gasteiger partial charge < -0.3 is 14.9 Å². The lowest BCUT2D eigenvalue weighted by Crippen LogP contribution is -2.49. The molecule has 31 heavy (non-hydrogen) atoms. The minimum atomic E-state index is -1.26. The van der Waals surface area contributed by atoms with Gasteiger partial charge in [-0.25, -0.2) is 4.79 Å². The number of Topliss-reactive ketones (excluding diaryl/α,β-unsaturated/α-hetero) is 1. The molecule has 2 N–H and O–H groups in total. The number of carbonyl (C=O) groups is 2. The van der Waals surface area contributed by atoms with Crippen molar-refractivity contribution in [3.63, 3.8) is 0 Å². The number of carbonyl (C=O) groups excluding carboxylic acids is 1. The molecule has 1 unspecified atom stereocenters. The van der Waals surface area contributed by atoms with E-state index in [9.17, 15) is 14.7 Å². The minimum absolute atomic E-state index is 0.0451. The van der Waals surface area contributed by atoms with Crippen molar-refractivity contribution in [2.75, 3.05) is 0 Å². The van der Waals surface area contributed by atoms with E-state index in [1.165, 1.54) is 6.92 Å².